The quantitative estimate of drug-likeness (QED) is 0.895. The molecule has 0 bridgehead atoms. The smallest absolute Gasteiger partial charge is 0.254 e. The summed E-state index contributed by atoms with van der Waals surface area (Å²) in [6, 6.07) is 3.58. The average molecular weight is 255 g/mol. The van der Waals surface area contributed by atoms with Crippen LogP contribution in [0.4, 0.5) is 8.78 Å². The number of ether oxygens (including phenoxy) is 1. The molecular formula is C13H15F2NO2. The van der Waals surface area contributed by atoms with Gasteiger partial charge in [0.1, 0.15) is 0 Å². The van der Waals surface area contributed by atoms with E-state index >= 15 is 0 Å². The van der Waals surface area contributed by atoms with Crippen LogP contribution in [0.15, 0.2) is 18.2 Å². The Bertz CT molecular complexity index is 431. The fourth-order valence-corrected chi connectivity index (χ4v) is 1.98. The topological polar surface area (TPSA) is 38.3 Å². The predicted octanol–water partition coefficient (Wildman–Crippen LogP) is 2.12. The Morgan fingerprint density at radius 1 is 1.44 bits per heavy atom. The minimum Gasteiger partial charge on any atom is -0.381 e. The highest BCUT2D eigenvalue weighted by Gasteiger charge is 2.17. The van der Waals surface area contributed by atoms with Crippen molar-refractivity contribution in [1.82, 2.24) is 5.32 Å². The van der Waals surface area contributed by atoms with E-state index in [4.69, 9.17) is 4.74 Å². The lowest BCUT2D eigenvalue weighted by molar-refractivity contribution is 0.0945. The Kier molecular flexibility index (Phi) is 4.25. The molecule has 1 N–H and O–H groups in total. The standard InChI is InChI=1S/C13H15F2NO2/c14-11-3-1-2-10(12(11)15)13(17)16-6-4-9-5-7-18-8-9/h1-3,9H,4-8H2,(H,16,17). The first-order valence-electron chi connectivity index (χ1n) is 5.98. The molecule has 98 valence electrons. The number of hydrogen-bond acceptors (Lipinski definition) is 2. The van der Waals surface area contributed by atoms with Crippen molar-refractivity contribution >= 4 is 5.91 Å². The van der Waals surface area contributed by atoms with E-state index in [0.29, 0.717) is 19.1 Å². The van der Waals surface area contributed by atoms with Crippen molar-refractivity contribution in [3.05, 3.63) is 35.4 Å². The second-order valence-corrected chi connectivity index (χ2v) is 4.38. The summed E-state index contributed by atoms with van der Waals surface area (Å²) < 4.78 is 31.5. The second kappa shape index (κ2) is 5.91. The van der Waals surface area contributed by atoms with E-state index in [2.05, 4.69) is 5.32 Å². The molecule has 1 aromatic carbocycles. The summed E-state index contributed by atoms with van der Waals surface area (Å²) in [7, 11) is 0. The van der Waals surface area contributed by atoms with Gasteiger partial charge in [0.05, 0.1) is 5.56 Å². The fraction of sp³-hybridized carbons (Fsp3) is 0.462. The first-order chi connectivity index (χ1) is 8.68. The van der Waals surface area contributed by atoms with E-state index in [0.717, 1.165) is 25.5 Å². The molecule has 2 rings (SSSR count). The van der Waals surface area contributed by atoms with Crippen LogP contribution in [0.2, 0.25) is 0 Å². The van der Waals surface area contributed by atoms with Crippen molar-refractivity contribution in [2.75, 3.05) is 19.8 Å². The molecule has 0 aromatic heterocycles. The van der Waals surface area contributed by atoms with E-state index < -0.39 is 17.5 Å². The molecule has 1 aliphatic rings. The molecule has 5 heteroatoms. The van der Waals surface area contributed by atoms with E-state index in [1.807, 2.05) is 0 Å². The van der Waals surface area contributed by atoms with Crippen LogP contribution in [0.1, 0.15) is 23.2 Å². The van der Waals surface area contributed by atoms with Crippen LogP contribution in [-0.2, 0) is 4.74 Å². The summed E-state index contributed by atoms with van der Waals surface area (Å²) in [5.74, 6) is -2.24. The van der Waals surface area contributed by atoms with Crippen LogP contribution in [0.5, 0.6) is 0 Å². The Labute approximate surface area is 104 Å². The molecule has 0 spiro atoms. The van der Waals surface area contributed by atoms with Gasteiger partial charge in [0.15, 0.2) is 11.6 Å². The van der Waals surface area contributed by atoms with Crippen LogP contribution < -0.4 is 5.32 Å². The maximum absolute atomic E-state index is 13.3. The zero-order chi connectivity index (χ0) is 13.0. The number of hydrogen-bond donors (Lipinski definition) is 1. The van der Waals surface area contributed by atoms with E-state index in [9.17, 15) is 13.6 Å². The van der Waals surface area contributed by atoms with Crippen molar-refractivity contribution in [3.8, 4) is 0 Å². The first kappa shape index (κ1) is 13.0. The van der Waals surface area contributed by atoms with Gasteiger partial charge in [-0.1, -0.05) is 6.07 Å². The van der Waals surface area contributed by atoms with Crippen molar-refractivity contribution in [2.24, 2.45) is 5.92 Å². The van der Waals surface area contributed by atoms with Gasteiger partial charge in [-0.15, -0.1) is 0 Å². The van der Waals surface area contributed by atoms with Gasteiger partial charge in [-0.05, 0) is 30.9 Å². The summed E-state index contributed by atoms with van der Waals surface area (Å²) in [6.45, 7) is 1.92. The number of amides is 1. The molecule has 1 fully saturated rings. The Morgan fingerprint density at radius 2 is 2.28 bits per heavy atom. The molecule has 1 aromatic rings. The van der Waals surface area contributed by atoms with Crippen molar-refractivity contribution in [2.45, 2.75) is 12.8 Å². The third kappa shape index (κ3) is 3.04. The molecule has 18 heavy (non-hydrogen) atoms. The highest BCUT2D eigenvalue weighted by Crippen LogP contribution is 2.15. The van der Waals surface area contributed by atoms with Gasteiger partial charge in [0, 0.05) is 19.8 Å². The molecule has 0 saturated carbocycles. The van der Waals surface area contributed by atoms with Gasteiger partial charge in [-0.3, -0.25) is 4.79 Å². The lowest BCUT2D eigenvalue weighted by Gasteiger charge is -2.09. The van der Waals surface area contributed by atoms with E-state index in [1.54, 1.807) is 0 Å². The minimum atomic E-state index is -1.10. The van der Waals surface area contributed by atoms with Crippen LogP contribution in [-0.4, -0.2) is 25.7 Å². The summed E-state index contributed by atoms with van der Waals surface area (Å²) >= 11 is 0. The van der Waals surface area contributed by atoms with Crippen molar-refractivity contribution in [3.63, 3.8) is 0 Å². The van der Waals surface area contributed by atoms with E-state index in [-0.39, 0.29) is 5.56 Å². The van der Waals surface area contributed by atoms with Gasteiger partial charge < -0.3 is 10.1 Å². The largest absolute Gasteiger partial charge is 0.381 e. The van der Waals surface area contributed by atoms with Crippen molar-refractivity contribution < 1.29 is 18.3 Å². The van der Waals surface area contributed by atoms with Gasteiger partial charge >= 0.3 is 0 Å². The number of rotatable bonds is 4. The number of carbonyl (C=O) groups excluding carboxylic acids is 1. The Balaban J connectivity index is 1.85. The van der Waals surface area contributed by atoms with Crippen molar-refractivity contribution in [1.29, 1.82) is 0 Å². The average Bonchev–Trinajstić information content (AvgIpc) is 2.85. The first-order valence-corrected chi connectivity index (χ1v) is 5.98. The molecule has 0 aliphatic carbocycles. The zero-order valence-electron chi connectivity index (χ0n) is 9.92. The normalized spacial score (nSPS) is 18.9. The second-order valence-electron chi connectivity index (χ2n) is 4.38. The third-order valence-corrected chi connectivity index (χ3v) is 3.06. The van der Waals surface area contributed by atoms with Gasteiger partial charge in [0.25, 0.3) is 5.91 Å². The molecule has 1 unspecified atom stereocenters. The fourth-order valence-electron chi connectivity index (χ4n) is 1.98. The minimum absolute atomic E-state index is 0.252. The monoisotopic (exact) mass is 255 g/mol. The molecule has 1 heterocycles. The maximum Gasteiger partial charge on any atom is 0.254 e. The molecule has 1 atom stereocenters. The van der Waals surface area contributed by atoms with Gasteiger partial charge in [-0.2, -0.15) is 0 Å². The lowest BCUT2D eigenvalue weighted by Crippen LogP contribution is -2.27. The van der Waals surface area contributed by atoms with Crippen LogP contribution in [0.3, 0.4) is 0 Å². The number of nitrogens with one attached hydrogen (secondary N) is 1. The molecular weight excluding hydrogens is 240 g/mol. The summed E-state index contributed by atoms with van der Waals surface area (Å²) in [4.78, 5) is 11.6. The lowest BCUT2D eigenvalue weighted by atomic mass is 10.1. The molecule has 1 amide bonds. The van der Waals surface area contributed by atoms with E-state index in [1.165, 1.54) is 12.1 Å². The summed E-state index contributed by atoms with van der Waals surface area (Å²) in [5.41, 5.74) is -0.252. The Hall–Kier alpha value is -1.49. The molecule has 0 radical (unpaired) electrons. The number of carbonyl (C=O) groups is 1. The zero-order valence-corrected chi connectivity index (χ0v) is 9.92. The highest BCUT2D eigenvalue weighted by atomic mass is 19.2. The van der Waals surface area contributed by atoms with Gasteiger partial charge in [-0.25, -0.2) is 8.78 Å². The Morgan fingerprint density at radius 3 is 3.00 bits per heavy atom. The maximum atomic E-state index is 13.3. The predicted molar refractivity (Wildman–Crippen MR) is 62.2 cm³/mol. The highest BCUT2D eigenvalue weighted by molar-refractivity contribution is 5.94. The van der Waals surface area contributed by atoms with Gasteiger partial charge in [0.2, 0.25) is 0 Å². The number of benzene rings is 1. The molecule has 1 aliphatic heterocycles. The van der Waals surface area contributed by atoms with Crippen LogP contribution in [0.25, 0.3) is 0 Å². The van der Waals surface area contributed by atoms with Crippen LogP contribution in [0, 0.1) is 17.6 Å². The molecule has 3 nitrogen and oxygen atoms in total. The number of halogens is 2. The SMILES string of the molecule is O=C(NCCC1CCOC1)c1cccc(F)c1F. The summed E-state index contributed by atoms with van der Waals surface area (Å²) in [6.07, 6.45) is 1.78. The summed E-state index contributed by atoms with van der Waals surface area (Å²) in [5, 5.41) is 2.59. The van der Waals surface area contributed by atoms with Crippen LogP contribution >= 0.6 is 0 Å². The third-order valence-electron chi connectivity index (χ3n) is 3.06. The molecule has 1 saturated heterocycles.